The number of benzene rings is 7. The number of nitriles is 2. The molecule has 0 unspecified atom stereocenters. The monoisotopic (exact) mass is 610 g/mol. The predicted octanol–water partition coefficient (Wildman–Crippen LogP) is 11.0. The summed E-state index contributed by atoms with van der Waals surface area (Å²) in [6, 6.07) is 58.9. The maximum absolute atomic E-state index is 9.95. The zero-order valence-electron chi connectivity index (χ0n) is 25.8. The zero-order chi connectivity index (χ0) is 32.2. The summed E-state index contributed by atoms with van der Waals surface area (Å²) in [6.45, 7) is 0. The largest absolute Gasteiger partial charge is 0.309 e. The first-order valence-corrected chi connectivity index (χ1v) is 15.9. The molecule has 0 bridgehead atoms. The van der Waals surface area contributed by atoms with Crippen LogP contribution < -0.4 is 0 Å². The molecule has 2 aromatic heterocycles. The van der Waals surface area contributed by atoms with Crippen molar-refractivity contribution in [2.24, 2.45) is 0 Å². The Balaban J connectivity index is 1.24. The Hall–Kier alpha value is -6.88. The Morgan fingerprint density at radius 3 is 1.54 bits per heavy atom. The molecule has 0 fully saturated rings. The maximum atomic E-state index is 9.95. The molecule has 9 rings (SSSR count). The summed E-state index contributed by atoms with van der Waals surface area (Å²) in [5.74, 6) is 0. The van der Waals surface area contributed by atoms with E-state index in [1.54, 1.807) is 0 Å². The number of nitrogens with zero attached hydrogens (tertiary/aromatic N) is 4. The molecular formula is C44H26N4. The van der Waals surface area contributed by atoms with Crippen LogP contribution in [-0.2, 0) is 0 Å². The van der Waals surface area contributed by atoms with E-state index in [0.717, 1.165) is 55.4 Å². The highest BCUT2D eigenvalue weighted by atomic mass is 15.0. The summed E-state index contributed by atoms with van der Waals surface area (Å²) in [4.78, 5) is 0. The topological polar surface area (TPSA) is 57.4 Å². The third-order valence-corrected chi connectivity index (χ3v) is 9.40. The number of rotatable bonds is 4. The smallest absolute Gasteiger partial charge is 0.0992 e. The minimum absolute atomic E-state index is 0.605. The summed E-state index contributed by atoms with van der Waals surface area (Å²) in [5.41, 5.74) is 11.7. The summed E-state index contributed by atoms with van der Waals surface area (Å²) in [6.07, 6.45) is 0. The molecule has 2 heterocycles. The summed E-state index contributed by atoms with van der Waals surface area (Å²) in [7, 11) is 0. The highest BCUT2D eigenvalue weighted by Gasteiger charge is 2.19. The van der Waals surface area contributed by atoms with Crippen molar-refractivity contribution in [2.75, 3.05) is 0 Å². The molecule has 9 aromatic rings. The van der Waals surface area contributed by atoms with Gasteiger partial charge in [-0.25, -0.2) is 0 Å². The molecule has 0 aliphatic heterocycles. The van der Waals surface area contributed by atoms with Gasteiger partial charge >= 0.3 is 0 Å². The lowest BCUT2D eigenvalue weighted by Crippen LogP contribution is -1.99. The van der Waals surface area contributed by atoms with E-state index in [9.17, 15) is 10.5 Å². The first-order valence-electron chi connectivity index (χ1n) is 15.9. The molecule has 0 aliphatic rings. The van der Waals surface area contributed by atoms with Crippen molar-refractivity contribution in [1.29, 1.82) is 10.5 Å². The van der Waals surface area contributed by atoms with Gasteiger partial charge in [0.1, 0.15) is 0 Å². The van der Waals surface area contributed by atoms with E-state index in [0.29, 0.717) is 11.1 Å². The van der Waals surface area contributed by atoms with Gasteiger partial charge in [-0.2, -0.15) is 10.5 Å². The van der Waals surface area contributed by atoms with Crippen LogP contribution in [0.15, 0.2) is 158 Å². The predicted molar refractivity (Wildman–Crippen MR) is 195 cm³/mol. The Morgan fingerprint density at radius 1 is 0.375 bits per heavy atom. The van der Waals surface area contributed by atoms with Gasteiger partial charge in [-0.05, 0) is 77.4 Å². The molecule has 0 N–H and O–H groups in total. The van der Waals surface area contributed by atoms with Crippen LogP contribution in [0.4, 0.5) is 0 Å². The number of hydrogen-bond acceptors (Lipinski definition) is 2. The number of aromatic nitrogens is 2. The quantitative estimate of drug-likeness (QED) is 0.199. The van der Waals surface area contributed by atoms with E-state index >= 15 is 0 Å². The number of hydrogen-bond donors (Lipinski definition) is 0. The lowest BCUT2D eigenvalue weighted by Gasteiger charge is -2.17. The summed E-state index contributed by atoms with van der Waals surface area (Å²) < 4.78 is 4.57. The third kappa shape index (κ3) is 4.14. The van der Waals surface area contributed by atoms with E-state index in [-0.39, 0.29) is 0 Å². The standard InChI is InChI=1S/C44H26N4/c45-27-29-17-23-33(34-9-1-7-15-42(34)48-43-16-8-4-12-37(43)38-24-18-30(28-46)26-44(38)48)39(25-29)31-19-21-32(22-20-31)47-40-13-5-2-10-35(40)36-11-3-6-14-41(36)47/h1-26H. The second-order valence-corrected chi connectivity index (χ2v) is 12.0. The first kappa shape index (κ1) is 27.4. The van der Waals surface area contributed by atoms with Gasteiger partial charge in [0.25, 0.3) is 0 Å². The van der Waals surface area contributed by atoms with Gasteiger partial charge in [0, 0.05) is 32.8 Å². The fraction of sp³-hybridized carbons (Fsp3) is 0. The van der Waals surface area contributed by atoms with E-state index < -0.39 is 0 Å². The minimum Gasteiger partial charge on any atom is -0.309 e. The summed E-state index contributed by atoms with van der Waals surface area (Å²) >= 11 is 0. The highest BCUT2D eigenvalue weighted by molar-refractivity contribution is 6.11. The van der Waals surface area contributed by atoms with Crippen LogP contribution >= 0.6 is 0 Å². The molecule has 4 heteroatoms. The highest BCUT2D eigenvalue weighted by Crippen LogP contribution is 2.41. The van der Waals surface area contributed by atoms with Crippen molar-refractivity contribution in [2.45, 2.75) is 0 Å². The van der Waals surface area contributed by atoms with Gasteiger partial charge in [0.2, 0.25) is 0 Å². The van der Waals surface area contributed by atoms with Gasteiger partial charge in [-0.3, -0.25) is 0 Å². The van der Waals surface area contributed by atoms with Gasteiger partial charge < -0.3 is 9.13 Å². The van der Waals surface area contributed by atoms with Gasteiger partial charge in [0.15, 0.2) is 0 Å². The average molecular weight is 611 g/mol. The van der Waals surface area contributed by atoms with Crippen LogP contribution in [0.1, 0.15) is 11.1 Å². The molecule has 48 heavy (non-hydrogen) atoms. The Kier molecular flexibility index (Phi) is 6.22. The molecule has 0 spiro atoms. The van der Waals surface area contributed by atoms with Crippen LogP contribution in [0.3, 0.4) is 0 Å². The van der Waals surface area contributed by atoms with E-state index in [4.69, 9.17) is 0 Å². The van der Waals surface area contributed by atoms with Crippen LogP contribution in [-0.4, -0.2) is 9.13 Å². The molecular weight excluding hydrogens is 585 g/mol. The number of fused-ring (bicyclic) bond motifs is 6. The number of para-hydroxylation sites is 4. The Bertz CT molecular complexity index is 2750. The molecule has 4 nitrogen and oxygen atoms in total. The SMILES string of the molecule is N#Cc1ccc(-c2ccccc2-n2c3ccccc3c3ccc(C#N)cc32)c(-c2ccc(-n3c4ccccc4c4ccccc43)cc2)c1. The Morgan fingerprint density at radius 2 is 0.896 bits per heavy atom. The van der Waals surface area contributed by atoms with Gasteiger partial charge in [-0.1, -0.05) is 97.1 Å². The normalized spacial score (nSPS) is 11.3. The maximum Gasteiger partial charge on any atom is 0.0992 e. The van der Waals surface area contributed by atoms with E-state index in [1.807, 2.05) is 30.3 Å². The van der Waals surface area contributed by atoms with Gasteiger partial charge in [-0.15, -0.1) is 0 Å². The fourth-order valence-electron chi connectivity index (χ4n) is 7.27. The second-order valence-electron chi connectivity index (χ2n) is 12.0. The minimum atomic E-state index is 0.605. The average Bonchev–Trinajstić information content (AvgIpc) is 3.67. The van der Waals surface area contributed by atoms with Crippen molar-refractivity contribution >= 4 is 43.6 Å². The molecule has 0 aliphatic carbocycles. The Labute approximate surface area is 277 Å². The lowest BCUT2D eigenvalue weighted by molar-refractivity contribution is 1.18. The molecule has 0 saturated heterocycles. The van der Waals surface area contributed by atoms with Crippen LogP contribution in [0.25, 0.3) is 77.2 Å². The zero-order valence-corrected chi connectivity index (χ0v) is 25.8. The first-order chi connectivity index (χ1) is 23.7. The fourth-order valence-corrected chi connectivity index (χ4v) is 7.27. The lowest BCUT2D eigenvalue weighted by atomic mass is 9.92. The van der Waals surface area contributed by atoms with E-state index in [2.05, 4.69) is 149 Å². The third-order valence-electron chi connectivity index (χ3n) is 9.40. The van der Waals surface area contributed by atoms with Crippen molar-refractivity contribution in [3.05, 3.63) is 169 Å². The molecule has 0 amide bonds. The van der Waals surface area contributed by atoms with Crippen molar-refractivity contribution in [3.63, 3.8) is 0 Å². The van der Waals surface area contributed by atoms with Crippen molar-refractivity contribution < 1.29 is 0 Å². The molecule has 222 valence electrons. The van der Waals surface area contributed by atoms with Crippen molar-refractivity contribution in [3.8, 4) is 45.8 Å². The van der Waals surface area contributed by atoms with E-state index in [1.165, 1.54) is 21.8 Å². The second kappa shape index (κ2) is 10.9. The summed E-state index contributed by atoms with van der Waals surface area (Å²) in [5, 5.41) is 24.4. The van der Waals surface area contributed by atoms with Crippen LogP contribution in [0.5, 0.6) is 0 Å². The van der Waals surface area contributed by atoms with Crippen molar-refractivity contribution in [1.82, 2.24) is 9.13 Å². The molecule has 0 radical (unpaired) electrons. The molecule has 0 atom stereocenters. The van der Waals surface area contributed by atoms with Crippen LogP contribution in [0, 0.1) is 22.7 Å². The van der Waals surface area contributed by atoms with Gasteiger partial charge in [0.05, 0.1) is 51.0 Å². The van der Waals surface area contributed by atoms with Crippen LogP contribution in [0.2, 0.25) is 0 Å². The molecule has 7 aromatic carbocycles. The molecule has 0 saturated carbocycles.